The number of halogens is 1. The van der Waals surface area contributed by atoms with E-state index < -0.39 is 12.1 Å². The summed E-state index contributed by atoms with van der Waals surface area (Å²) in [6.45, 7) is 0. The van der Waals surface area contributed by atoms with E-state index in [9.17, 15) is 4.79 Å². The van der Waals surface area contributed by atoms with E-state index in [0.717, 1.165) is 0 Å². The molecule has 0 heterocycles. The molecule has 7 heteroatoms. The monoisotopic (exact) mass is 224 g/mol. The Morgan fingerprint density at radius 3 is 1.30 bits per heavy atom. The SMILES string of the molecule is O=C(O)CBr.O=C(O)O.[NaH]. The molecule has 0 radical (unpaired) electrons. The van der Waals surface area contributed by atoms with Gasteiger partial charge in [0, 0.05) is 0 Å². The Morgan fingerprint density at radius 1 is 1.20 bits per heavy atom. The van der Waals surface area contributed by atoms with Crippen LogP contribution in [0.5, 0.6) is 0 Å². The van der Waals surface area contributed by atoms with Gasteiger partial charge in [-0.1, -0.05) is 15.9 Å². The van der Waals surface area contributed by atoms with E-state index in [4.69, 9.17) is 20.1 Å². The van der Waals surface area contributed by atoms with Crippen LogP contribution in [0.4, 0.5) is 4.79 Å². The van der Waals surface area contributed by atoms with Gasteiger partial charge in [-0.25, -0.2) is 4.79 Å². The Balaban J connectivity index is -0.0000000910. The van der Waals surface area contributed by atoms with Crippen molar-refractivity contribution in [3.63, 3.8) is 0 Å². The van der Waals surface area contributed by atoms with Crippen LogP contribution in [0.1, 0.15) is 0 Å². The van der Waals surface area contributed by atoms with Crippen LogP contribution < -0.4 is 0 Å². The van der Waals surface area contributed by atoms with Crippen LogP contribution in [0.2, 0.25) is 0 Å². The second-order valence-corrected chi connectivity index (χ2v) is 1.37. The van der Waals surface area contributed by atoms with Gasteiger partial charge in [0.05, 0.1) is 0 Å². The molecular formula is C3H6BrNaO5. The Labute approximate surface area is 87.5 Å². The molecule has 0 spiro atoms. The zero-order valence-corrected chi connectivity index (χ0v) is 5.83. The fourth-order valence-corrected chi connectivity index (χ4v) is 0. The number of carboxylic acid groups (broad SMARTS) is 3. The van der Waals surface area contributed by atoms with E-state index in [0.29, 0.717) is 0 Å². The van der Waals surface area contributed by atoms with Crippen molar-refractivity contribution < 1.29 is 24.9 Å². The Kier molecular flexibility index (Phi) is 19.9. The number of carbonyl (C=O) groups is 2. The molecule has 0 bridgehead atoms. The van der Waals surface area contributed by atoms with E-state index in [1.807, 2.05) is 0 Å². The summed E-state index contributed by atoms with van der Waals surface area (Å²) >= 11 is 2.71. The molecule has 0 amide bonds. The zero-order valence-electron chi connectivity index (χ0n) is 4.24. The zero-order chi connectivity index (χ0) is 7.86. The standard InChI is InChI=1S/C2H3BrO2.CH2O3.Na.H/c3-1-2(4)5;2-1(3)4;;/h1H2,(H,4,5);(H2,2,3,4);;. The molecule has 0 saturated carbocycles. The number of carboxylic acids is 1. The second-order valence-electron chi connectivity index (χ2n) is 0.810. The number of aliphatic carboxylic acids is 1. The van der Waals surface area contributed by atoms with Gasteiger partial charge in [-0.3, -0.25) is 4.79 Å². The van der Waals surface area contributed by atoms with Crippen LogP contribution in [0.3, 0.4) is 0 Å². The predicted molar refractivity (Wildman–Crippen MR) is 39.2 cm³/mol. The molecule has 0 aliphatic rings. The van der Waals surface area contributed by atoms with Crippen LogP contribution in [0.25, 0.3) is 0 Å². The molecule has 0 fully saturated rings. The molecule has 0 atom stereocenters. The number of hydrogen-bond donors (Lipinski definition) is 3. The quantitative estimate of drug-likeness (QED) is 0.432. The van der Waals surface area contributed by atoms with E-state index in [1.165, 1.54) is 0 Å². The molecule has 56 valence electrons. The molecule has 5 nitrogen and oxygen atoms in total. The van der Waals surface area contributed by atoms with Gasteiger partial charge >= 0.3 is 41.7 Å². The summed E-state index contributed by atoms with van der Waals surface area (Å²) in [4.78, 5) is 17.9. The Morgan fingerprint density at radius 2 is 1.30 bits per heavy atom. The maximum absolute atomic E-state index is 9.32. The van der Waals surface area contributed by atoms with Crippen LogP contribution in [-0.4, -0.2) is 62.3 Å². The average Bonchev–Trinajstić information content (AvgIpc) is 1.65. The van der Waals surface area contributed by atoms with Gasteiger partial charge in [0.2, 0.25) is 0 Å². The van der Waals surface area contributed by atoms with Crippen molar-refractivity contribution in [1.29, 1.82) is 0 Å². The van der Waals surface area contributed by atoms with Gasteiger partial charge in [-0.15, -0.1) is 0 Å². The van der Waals surface area contributed by atoms with E-state index in [1.54, 1.807) is 0 Å². The molecule has 3 N–H and O–H groups in total. The Bertz CT molecular complexity index is 101. The summed E-state index contributed by atoms with van der Waals surface area (Å²) in [7, 11) is 0. The fraction of sp³-hybridized carbons (Fsp3) is 0.333. The van der Waals surface area contributed by atoms with Crippen molar-refractivity contribution in [2.75, 3.05) is 5.33 Å². The first kappa shape index (κ1) is 16.7. The van der Waals surface area contributed by atoms with Crippen LogP contribution in [0, 0.1) is 0 Å². The molecule has 0 rings (SSSR count). The molecule has 0 aliphatic carbocycles. The topological polar surface area (TPSA) is 94.8 Å². The molecule has 0 unspecified atom stereocenters. The van der Waals surface area contributed by atoms with Crippen molar-refractivity contribution in [1.82, 2.24) is 0 Å². The average molecular weight is 225 g/mol. The van der Waals surface area contributed by atoms with E-state index in [2.05, 4.69) is 15.9 Å². The van der Waals surface area contributed by atoms with Gasteiger partial charge in [-0.2, -0.15) is 0 Å². The van der Waals surface area contributed by atoms with Crippen molar-refractivity contribution in [2.45, 2.75) is 0 Å². The second kappa shape index (κ2) is 12.0. The van der Waals surface area contributed by atoms with Gasteiger partial charge in [0.25, 0.3) is 0 Å². The van der Waals surface area contributed by atoms with Gasteiger partial charge in [-0.05, 0) is 0 Å². The van der Waals surface area contributed by atoms with Crippen molar-refractivity contribution in [3.8, 4) is 0 Å². The van der Waals surface area contributed by atoms with Crippen LogP contribution in [0.15, 0.2) is 0 Å². The molecular weight excluding hydrogens is 219 g/mol. The van der Waals surface area contributed by atoms with Gasteiger partial charge < -0.3 is 15.3 Å². The molecule has 0 aromatic carbocycles. The van der Waals surface area contributed by atoms with Crippen LogP contribution >= 0.6 is 15.9 Å². The normalized spacial score (nSPS) is 6.10. The fourth-order valence-electron chi connectivity index (χ4n) is 0. The minimum atomic E-state index is -1.83. The van der Waals surface area contributed by atoms with E-state index in [-0.39, 0.29) is 34.9 Å². The first-order chi connectivity index (χ1) is 4.00. The predicted octanol–water partition coefficient (Wildman–Crippen LogP) is 0.0398. The summed E-state index contributed by atoms with van der Waals surface area (Å²) in [6, 6.07) is 0. The van der Waals surface area contributed by atoms with Gasteiger partial charge in [0.15, 0.2) is 0 Å². The third-order valence-electron chi connectivity index (χ3n) is 0.114. The third kappa shape index (κ3) is 86.9. The van der Waals surface area contributed by atoms with Gasteiger partial charge in [0.1, 0.15) is 5.33 Å². The van der Waals surface area contributed by atoms with E-state index >= 15 is 0 Å². The first-order valence-corrected chi connectivity index (χ1v) is 2.82. The summed E-state index contributed by atoms with van der Waals surface area (Å²) in [5.74, 6) is -0.829. The number of hydrogen-bond acceptors (Lipinski definition) is 2. The first-order valence-electron chi connectivity index (χ1n) is 1.70. The summed E-state index contributed by atoms with van der Waals surface area (Å²) < 4.78 is 0. The minimum absolute atomic E-state index is 0. The molecule has 0 saturated heterocycles. The molecule has 0 aromatic rings. The summed E-state index contributed by atoms with van der Waals surface area (Å²) in [5, 5.41) is 21.7. The summed E-state index contributed by atoms with van der Waals surface area (Å²) in [5.41, 5.74) is 0. The Hall–Kier alpha value is 0.220. The summed E-state index contributed by atoms with van der Waals surface area (Å²) in [6.07, 6.45) is -1.83. The van der Waals surface area contributed by atoms with Crippen LogP contribution in [-0.2, 0) is 4.79 Å². The molecule has 0 aromatic heterocycles. The van der Waals surface area contributed by atoms with Crippen molar-refractivity contribution in [3.05, 3.63) is 0 Å². The molecule has 0 aliphatic heterocycles. The number of rotatable bonds is 1. The number of alkyl halides is 1. The van der Waals surface area contributed by atoms with Crippen molar-refractivity contribution in [2.24, 2.45) is 0 Å². The van der Waals surface area contributed by atoms with Crippen molar-refractivity contribution >= 4 is 57.6 Å². The maximum atomic E-state index is 9.32. The third-order valence-corrected chi connectivity index (χ3v) is 0.594. The molecule has 10 heavy (non-hydrogen) atoms.